The van der Waals surface area contributed by atoms with Gasteiger partial charge in [0.2, 0.25) is 0 Å². The fourth-order valence-corrected chi connectivity index (χ4v) is 0.522. The molecule has 1 heterocycles. The standard InChI is InChI=1S/C4H8O2.C2H6/c5-4-1-2-6-3-4;1-2/h4-5H,1-3H2;1-2H3. The maximum absolute atomic E-state index is 8.60. The molecule has 0 radical (unpaired) electrons. The molecule has 0 spiro atoms. The third-order valence-corrected chi connectivity index (χ3v) is 0.906. The Balaban J connectivity index is 0.000000222. The fraction of sp³-hybridized carbons (Fsp3) is 1.00. The van der Waals surface area contributed by atoms with Gasteiger partial charge < -0.3 is 9.84 Å². The zero-order valence-electron chi connectivity index (χ0n) is 5.55. The van der Waals surface area contributed by atoms with Gasteiger partial charge in [-0.1, -0.05) is 13.8 Å². The Morgan fingerprint density at radius 3 is 2.25 bits per heavy atom. The van der Waals surface area contributed by atoms with Crippen LogP contribution in [0.25, 0.3) is 0 Å². The lowest BCUT2D eigenvalue weighted by atomic mass is 10.3. The molecule has 0 aliphatic carbocycles. The van der Waals surface area contributed by atoms with Crippen molar-refractivity contribution in [3.8, 4) is 0 Å². The summed E-state index contributed by atoms with van der Waals surface area (Å²) < 4.78 is 4.81. The molecular formula is C6H14O2. The second-order valence-electron chi connectivity index (χ2n) is 1.52. The Morgan fingerprint density at radius 2 is 2.12 bits per heavy atom. The van der Waals surface area contributed by atoms with Gasteiger partial charge in [0.25, 0.3) is 0 Å². The van der Waals surface area contributed by atoms with Crippen LogP contribution in [-0.4, -0.2) is 24.4 Å². The molecular weight excluding hydrogens is 104 g/mol. The summed E-state index contributed by atoms with van der Waals surface area (Å²) in [4.78, 5) is 0. The fourth-order valence-electron chi connectivity index (χ4n) is 0.522. The first kappa shape index (κ1) is 7.92. The van der Waals surface area contributed by atoms with E-state index < -0.39 is 0 Å². The van der Waals surface area contributed by atoms with Gasteiger partial charge in [0.1, 0.15) is 0 Å². The van der Waals surface area contributed by atoms with Gasteiger partial charge in [-0.15, -0.1) is 0 Å². The van der Waals surface area contributed by atoms with Crippen molar-refractivity contribution >= 4 is 0 Å². The lowest BCUT2D eigenvalue weighted by Gasteiger charge is -1.89. The second-order valence-corrected chi connectivity index (χ2v) is 1.52. The molecule has 0 saturated carbocycles. The van der Waals surface area contributed by atoms with Crippen molar-refractivity contribution in [3.63, 3.8) is 0 Å². The van der Waals surface area contributed by atoms with Crippen LogP contribution in [0.3, 0.4) is 0 Å². The molecule has 1 atom stereocenters. The number of hydrogen-bond acceptors (Lipinski definition) is 2. The third-order valence-electron chi connectivity index (χ3n) is 0.906. The molecule has 0 aromatic carbocycles. The Morgan fingerprint density at radius 1 is 1.50 bits per heavy atom. The Kier molecular flexibility index (Phi) is 5.01. The normalized spacial score (nSPS) is 26.6. The zero-order valence-corrected chi connectivity index (χ0v) is 5.55. The summed E-state index contributed by atoms with van der Waals surface area (Å²) in [5.74, 6) is 0. The van der Waals surface area contributed by atoms with E-state index in [1.165, 1.54) is 0 Å². The van der Waals surface area contributed by atoms with Crippen LogP contribution in [-0.2, 0) is 4.74 Å². The summed E-state index contributed by atoms with van der Waals surface area (Å²) in [7, 11) is 0. The third kappa shape index (κ3) is 2.99. The molecule has 1 N–H and O–H groups in total. The van der Waals surface area contributed by atoms with E-state index in [0.29, 0.717) is 6.61 Å². The van der Waals surface area contributed by atoms with Gasteiger partial charge in [0.05, 0.1) is 12.7 Å². The highest BCUT2D eigenvalue weighted by Gasteiger charge is 2.09. The number of ether oxygens (including phenoxy) is 1. The predicted octanol–water partition coefficient (Wildman–Crippen LogP) is 0.794. The van der Waals surface area contributed by atoms with Crippen LogP contribution in [0.2, 0.25) is 0 Å². The average molecular weight is 118 g/mol. The first-order chi connectivity index (χ1) is 3.89. The van der Waals surface area contributed by atoms with Crippen molar-refractivity contribution in [2.45, 2.75) is 26.4 Å². The summed E-state index contributed by atoms with van der Waals surface area (Å²) in [5, 5.41) is 8.60. The molecule has 0 aromatic heterocycles. The number of aliphatic hydroxyl groups excluding tert-OH is 1. The molecule has 1 fully saturated rings. The van der Waals surface area contributed by atoms with Crippen LogP contribution in [0.1, 0.15) is 20.3 Å². The summed E-state index contributed by atoms with van der Waals surface area (Å²) in [5.41, 5.74) is 0. The van der Waals surface area contributed by atoms with E-state index in [1.807, 2.05) is 13.8 Å². The molecule has 0 bridgehead atoms. The summed E-state index contributed by atoms with van der Waals surface area (Å²) >= 11 is 0. The zero-order chi connectivity index (χ0) is 6.41. The van der Waals surface area contributed by atoms with Gasteiger partial charge in [0.15, 0.2) is 0 Å². The monoisotopic (exact) mass is 118 g/mol. The van der Waals surface area contributed by atoms with Crippen LogP contribution in [0.4, 0.5) is 0 Å². The van der Waals surface area contributed by atoms with Crippen LogP contribution < -0.4 is 0 Å². The lowest BCUT2D eigenvalue weighted by Crippen LogP contribution is -2.02. The van der Waals surface area contributed by atoms with Crippen LogP contribution in [0, 0.1) is 0 Å². The molecule has 1 saturated heterocycles. The van der Waals surface area contributed by atoms with E-state index in [0.717, 1.165) is 13.0 Å². The highest BCUT2D eigenvalue weighted by Crippen LogP contribution is 2.00. The average Bonchev–Trinajstić information content (AvgIpc) is 2.24. The van der Waals surface area contributed by atoms with Crippen molar-refractivity contribution in [2.24, 2.45) is 0 Å². The first-order valence-electron chi connectivity index (χ1n) is 3.15. The smallest absolute Gasteiger partial charge is 0.0795 e. The molecule has 1 aliphatic rings. The topological polar surface area (TPSA) is 29.5 Å². The van der Waals surface area contributed by atoms with Gasteiger partial charge >= 0.3 is 0 Å². The second kappa shape index (κ2) is 5.06. The maximum Gasteiger partial charge on any atom is 0.0795 e. The molecule has 2 heteroatoms. The number of rotatable bonds is 0. The van der Waals surface area contributed by atoms with E-state index in [-0.39, 0.29) is 6.10 Å². The minimum atomic E-state index is -0.176. The van der Waals surface area contributed by atoms with E-state index in [1.54, 1.807) is 0 Å². The van der Waals surface area contributed by atoms with Crippen LogP contribution in [0.5, 0.6) is 0 Å². The van der Waals surface area contributed by atoms with Gasteiger partial charge in [-0.25, -0.2) is 0 Å². The number of aliphatic hydroxyl groups is 1. The van der Waals surface area contributed by atoms with E-state index in [4.69, 9.17) is 9.84 Å². The van der Waals surface area contributed by atoms with Crippen LogP contribution in [0.15, 0.2) is 0 Å². The molecule has 1 aliphatic heterocycles. The van der Waals surface area contributed by atoms with Gasteiger partial charge in [-0.3, -0.25) is 0 Å². The van der Waals surface area contributed by atoms with Crippen molar-refractivity contribution in [1.82, 2.24) is 0 Å². The summed E-state index contributed by atoms with van der Waals surface area (Å²) in [6, 6.07) is 0. The Labute approximate surface area is 50.5 Å². The lowest BCUT2D eigenvalue weighted by molar-refractivity contribution is 0.127. The van der Waals surface area contributed by atoms with E-state index in [2.05, 4.69) is 0 Å². The van der Waals surface area contributed by atoms with Crippen molar-refractivity contribution in [1.29, 1.82) is 0 Å². The molecule has 0 amide bonds. The minimum absolute atomic E-state index is 0.176. The molecule has 0 aromatic rings. The molecule has 1 unspecified atom stereocenters. The molecule has 8 heavy (non-hydrogen) atoms. The highest BCUT2D eigenvalue weighted by molar-refractivity contribution is 4.58. The summed E-state index contributed by atoms with van der Waals surface area (Å²) in [6.07, 6.45) is 0.644. The minimum Gasteiger partial charge on any atom is -0.391 e. The van der Waals surface area contributed by atoms with Crippen LogP contribution >= 0.6 is 0 Å². The van der Waals surface area contributed by atoms with Crippen molar-refractivity contribution in [2.75, 3.05) is 13.2 Å². The predicted molar refractivity (Wildman–Crippen MR) is 32.8 cm³/mol. The maximum atomic E-state index is 8.60. The highest BCUT2D eigenvalue weighted by atomic mass is 16.5. The summed E-state index contributed by atoms with van der Waals surface area (Å²) in [6.45, 7) is 5.28. The van der Waals surface area contributed by atoms with E-state index in [9.17, 15) is 0 Å². The Bertz CT molecular complexity index is 39.8. The van der Waals surface area contributed by atoms with Gasteiger partial charge in [0, 0.05) is 6.61 Å². The largest absolute Gasteiger partial charge is 0.391 e. The van der Waals surface area contributed by atoms with Gasteiger partial charge in [-0.05, 0) is 6.42 Å². The van der Waals surface area contributed by atoms with Gasteiger partial charge in [-0.2, -0.15) is 0 Å². The Hall–Kier alpha value is -0.0800. The quantitative estimate of drug-likeness (QED) is 0.509. The molecule has 1 rings (SSSR count). The van der Waals surface area contributed by atoms with E-state index >= 15 is 0 Å². The number of hydrogen-bond donors (Lipinski definition) is 1. The molecule has 2 nitrogen and oxygen atoms in total. The SMILES string of the molecule is CC.OC1CCOC1. The first-order valence-corrected chi connectivity index (χ1v) is 3.15. The molecule has 50 valence electrons. The van der Waals surface area contributed by atoms with Crippen molar-refractivity contribution in [3.05, 3.63) is 0 Å². The van der Waals surface area contributed by atoms with Crippen molar-refractivity contribution < 1.29 is 9.84 Å².